The van der Waals surface area contributed by atoms with E-state index in [1.54, 1.807) is 0 Å². The van der Waals surface area contributed by atoms with Crippen molar-refractivity contribution in [3.8, 4) is 5.88 Å². The van der Waals surface area contributed by atoms with Gasteiger partial charge in [-0.25, -0.2) is 9.37 Å². The van der Waals surface area contributed by atoms with Gasteiger partial charge in [-0.3, -0.25) is 10.1 Å². The van der Waals surface area contributed by atoms with Gasteiger partial charge in [0.25, 0.3) is 5.91 Å². The lowest BCUT2D eigenvalue weighted by Gasteiger charge is -2.07. The number of methoxy groups -OCH3 is 1. The molecule has 0 saturated heterocycles. The van der Waals surface area contributed by atoms with Gasteiger partial charge in [-0.15, -0.1) is 0 Å². The van der Waals surface area contributed by atoms with Crippen molar-refractivity contribution in [1.29, 1.82) is 0 Å². The van der Waals surface area contributed by atoms with Crippen molar-refractivity contribution in [1.82, 2.24) is 9.97 Å². The second-order valence-corrected chi connectivity index (χ2v) is 4.43. The Morgan fingerprint density at radius 2 is 2.05 bits per heavy atom. The number of carbonyl (C=O) groups is 1. The summed E-state index contributed by atoms with van der Waals surface area (Å²) in [5, 5.41) is 2.49. The maximum absolute atomic E-state index is 12.9. The van der Waals surface area contributed by atoms with Gasteiger partial charge in [0.1, 0.15) is 11.0 Å². The Bertz CT molecular complexity index is 667. The normalized spacial score (nSPS) is 10.2. The number of aromatic nitrogens is 2. The van der Waals surface area contributed by atoms with E-state index >= 15 is 0 Å². The summed E-state index contributed by atoms with van der Waals surface area (Å²) in [7, 11) is 1.40. The number of benzene rings is 1. The molecule has 2 aromatic rings. The Labute approximate surface area is 123 Å². The minimum Gasteiger partial charge on any atom is -0.481 e. The number of hydrogen-bond acceptors (Lipinski definition) is 4. The molecule has 0 aliphatic carbocycles. The molecule has 0 radical (unpaired) electrons. The van der Waals surface area contributed by atoms with Gasteiger partial charge in [0.15, 0.2) is 0 Å². The summed E-state index contributed by atoms with van der Waals surface area (Å²) in [5.74, 6) is -0.961. The quantitative estimate of drug-likeness (QED) is 0.883. The van der Waals surface area contributed by atoms with E-state index in [-0.39, 0.29) is 27.6 Å². The lowest BCUT2D eigenvalue weighted by atomic mass is 10.2. The van der Waals surface area contributed by atoms with Crippen LogP contribution in [0.1, 0.15) is 10.4 Å². The van der Waals surface area contributed by atoms with Crippen LogP contribution in [0, 0.1) is 5.82 Å². The van der Waals surface area contributed by atoms with Gasteiger partial charge < -0.3 is 4.74 Å². The second kappa shape index (κ2) is 6.02. The number of nitrogens with zero attached hydrogens (tertiary/aromatic N) is 2. The van der Waals surface area contributed by atoms with Gasteiger partial charge in [0.2, 0.25) is 11.8 Å². The lowest BCUT2D eigenvalue weighted by molar-refractivity contribution is 0.102. The van der Waals surface area contributed by atoms with Gasteiger partial charge in [0, 0.05) is 6.07 Å². The summed E-state index contributed by atoms with van der Waals surface area (Å²) in [4.78, 5) is 19.7. The molecule has 0 atom stereocenters. The summed E-state index contributed by atoms with van der Waals surface area (Å²) in [5.41, 5.74) is 0.0932. The summed E-state index contributed by atoms with van der Waals surface area (Å²) in [6.45, 7) is 0. The van der Waals surface area contributed by atoms with Crippen molar-refractivity contribution >= 4 is 35.1 Å². The number of carbonyl (C=O) groups excluding carboxylic acids is 1. The Morgan fingerprint density at radius 1 is 1.30 bits per heavy atom. The summed E-state index contributed by atoms with van der Waals surface area (Å²) in [6, 6.07) is 4.81. The largest absolute Gasteiger partial charge is 0.481 e. The second-order valence-electron chi connectivity index (χ2n) is 3.63. The molecule has 1 aromatic heterocycles. The molecule has 0 saturated carbocycles. The highest BCUT2D eigenvalue weighted by Gasteiger charge is 2.13. The zero-order valence-corrected chi connectivity index (χ0v) is 11.7. The summed E-state index contributed by atoms with van der Waals surface area (Å²) in [6.07, 6.45) is 0. The first-order valence-electron chi connectivity index (χ1n) is 5.34. The van der Waals surface area contributed by atoms with Crippen LogP contribution in [0.25, 0.3) is 0 Å². The first-order valence-corrected chi connectivity index (χ1v) is 6.10. The molecule has 0 unspecified atom stereocenters. The average molecular weight is 316 g/mol. The smallest absolute Gasteiger partial charge is 0.259 e. The Balaban J connectivity index is 2.25. The topological polar surface area (TPSA) is 64.1 Å². The fraction of sp³-hybridized carbons (Fsp3) is 0.0833. The maximum Gasteiger partial charge on any atom is 0.259 e. The zero-order chi connectivity index (χ0) is 14.7. The Morgan fingerprint density at radius 3 is 2.70 bits per heavy atom. The summed E-state index contributed by atoms with van der Waals surface area (Å²) >= 11 is 11.5. The molecule has 0 aliphatic heterocycles. The van der Waals surface area contributed by atoms with Crippen LogP contribution in [0.5, 0.6) is 5.88 Å². The van der Waals surface area contributed by atoms with Crippen molar-refractivity contribution < 1.29 is 13.9 Å². The molecule has 20 heavy (non-hydrogen) atoms. The minimum atomic E-state index is -0.584. The number of halogens is 3. The SMILES string of the molecule is COc1cc(Cl)nc(NC(=O)c2ccc(F)cc2Cl)n1. The van der Waals surface area contributed by atoms with Crippen LogP contribution in [0.3, 0.4) is 0 Å². The number of rotatable bonds is 3. The molecule has 5 nitrogen and oxygen atoms in total. The standard InChI is InChI=1S/C12H8Cl2FN3O2/c1-20-10-5-9(14)16-12(17-10)18-11(19)7-3-2-6(15)4-8(7)13/h2-5H,1H3,(H,16,17,18,19). The van der Waals surface area contributed by atoms with E-state index in [0.29, 0.717) is 0 Å². The van der Waals surface area contributed by atoms with Gasteiger partial charge in [-0.05, 0) is 18.2 Å². The molecule has 0 aliphatic rings. The summed E-state index contributed by atoms with van der Waals surface area (Å²) < 4.78 is 17.8. The van der Waals surface area contributed by atoms with Crippen LogP contribution in [0.15, 0.2) is 24.3 Å². The van der Waals surface area contributed by atoms with Crippen molar-refractivity contribution in [2.75, 3.05) is 12.4 Å². The molecule has 104 valence electrons. The van der Waals surface area contributed by atoms with Crippen molar-refractivity contribution in [2.45, 2.75) is 0 Å². The van der Waals surface area contributed by atoms with Crippen LogP contribution < -0.4 is 10.1 Å². The van der Waals surface area contributed by atoms with Crippen LogP contribution in [0.2, 0.25) is 10.2 Å². The van der Waals surface area contributed by atoms with Crippen molar-refractivity contribution in [2.24, 2.45) is 0 Å². The Hall–Kier alpha value is -1.92. The van der Waals surface area contributed by atoms with Gasteiger partial charge in [-0.2, -0.15) is 4.98 Å². The van der Waals surface area contributed by atoms with Gasteiger partial charge >= 0.3 is 0 Å². The number of hydrogen-bond donors (Lipinski definition) is 1. The number of ether oxygens (including phenoxy) is 1. The van der Waals surface area contributed by atoms with Crippen LogP contribution in [-0.4, -0.2) is 23.0 Å². The highest BCUT2D eigenvalue weighted by molar-refractivity contribution is 6.34. The molecule has 1 aromatic carbocycles. The van der Waals surface area contributed by atoms with E-state index < -0.39 is 11.7 Å². The van der Waals surface area contributed by atoms with Crippen molar-refractivity contribution in [3.63, 3.8) is 0 Å². The minimum absolute atomic E-state index is 0.0171. The molecular formula is C12H8Cl2FN3O2. The van der Waals surface area contributed by atoms with Gasteiger partial charge in [-0.1, -0.05) is 23.2 Å². The number of anilines is 1. The highest BCUT2D eigenvalue weighted by Crippen LogP contribution is 2.20. The third kappa shape index (κ3) is 3.34. The molecule has 0 bridgehead atoms. The molecule has 2 rings (SSSR count). The predicted octanol–water partition coefficient (Wildman–Crippen LogP) is 3.18. The fourth-order valence-electron chi connectivity index (χ4n) is 1.40. The van der Waals surface area contributed by atoms with E-state index in [4.69, 9.17) is 27.9 Å². The monoisotopic (exact) mass is 315 g/mol. The number of amides is 1. The molecule has 0 fully saturated rings. The molecule has 0 spiro atoms. The Kier molecular flexibility index (Phi) is 4.36. The van der Waals surface area contributed by atoms with Crippen LogP contribution in [0.4, 0.5) is 10.3 Å². The van der Waals surface area contributed by atoms with Crippen molar-refractivity contribution in [3.05, 3.63) is 45.8 Å². The molecular weight excluding hydrogens is 308 g/mol. The van der Waals surface area contributed by atoms with Crippen LogP contribution >= 0.6 is 23.2 Å². The third-order valence-corrected chi connectivity index (χ3v) is 2.79. The maximum atomic E-state index is 12.9. The lowest BCUT2D eigenvalue weighted by Crippen LogP contribution is -2.15. The molecule has 1 amide bonds. The van der Waals surface area contributed by atoms with E-state index in [9.17, 15) is 9.18 Å². The van der Waals surface area contributed by atoms with E-state index in [1.165, 1.54) is 19.2 Å². The van der Waals surface area contributed by atoms with Crippen LogP contribution in [-0.2, 0) is 0 Å². The van der Waals surface area contributed by atoms with E-state index in [0.717, 1.165) is 12.1 Å². The predicted molar refractivity (Wildman–Crippen MR) is 73.0 cm³/mol. The molecule has 8 heteroatoms. The van der Waals surface area contributed by atoms with E-state index in [1.807, 2.05) is 0 Å². The molecule has 1 heterocycles. The third-order valence-electron chi connectivity index (χ3n) is 2.28. The first-order chi connectivity index (χ1) is 9.49. The molecule has 1 N–H and O–H groups in total. The van der Waals surface area contributed by atoms with E-state index in [2.05, 4.69) is 15.3 Å². The van der Waals surface area contributed by atoms with Gasteiger partial charge in [0.05, 0.1) is 17.7 Å². The zero-order valence-electron chi connectivity index (χ0n) is 10.2. The highest BCUT2D eigenvalue weighted by atomic mass is 35.5. The first kappa shape index (κ1) is 14.5. The average Bonchev–Trinajstić information content (AvgIpc) is 2.37. The fourth-order valence-corrected chi connectivity index (χ4v) is 1.83. The number of nitrogens with one attached hydrogen (secondary N) is 1.